The predicted octanol–water partition coefficient (Wildman–Crippen LogP) is 3.52. The van der Waals surface area contributed by atoms with Gasteiger partial charge in [-0.2, -0.15) is 5.10 Å². The molecule has 3 aromatic heterocycles. The smallest absolute Gasteiger partial charge is 0.226 e. The summed E-state index contributed by atoms with van der Waals surface area (Å²) in [7, 11) is 1.62. The summed E-state index contributed by atoms with van der Waals surface area (Å²) in [5.41, 5.74) is 1.64. The van der Waals surface area contributed by atoms with Gasteiger partial charge in [0.1, 0.15) is 16.6 Å². The van der Waals surface area contributed by atoms with E-state index in [-0.39, 0.29) is 18.9 Å². The zero-order valence-electron chi connectivity index (χ0n) is 15.0. The number of hydrogen-bond donors (Lipinski definition) is 2. The molecule has 4 aromatic rings. The van der Waals surface area contributed by atoms with Crippen LogP contribution in [-0.2, 0) is 17.8 Å². The fourth-order valence-electron chi connectivity index (χ4n) is 2.55. The first-order chi connectivity index (χ1) is 13.7. The lowest BCUT2D eigenvalue weighted by Crippen LogP contribution is -2.25. The molecule has 0 unspecified atom stereocenters. The van der Waals surface area contributed by atoms with E-state index in [4.69, 9.17) is 4.74 Å². The van der Waals surface area contributed by atoms with Crippen LogP contribution in [0, 0.1) is 0 Å². The van der Waals surface area contributed by atoms with Crippen LogP contribution in [-0.4, -0.2) is 33.2 Å². The molecule has 0 saturated heterocycles. The van der Waals surface area contributed by atoms with E-state index in [0.717, 1.165) is 26.9 Å². The van der Waals surface area contributed by atoms with E-state index < -0.39 is 0 Å². The number of aromatic nitrogens is 4. The zero-order valence-corrected chi connectivity index (χ0v) is 16.6. The van der Waals surface area contributed by atoms with E-state index in [2.05, 4.69) is 25.5 Å². The molecule has 0 atom stereocenters. The second-order valence-electron chi connectivity index (χ2n) is 5.91. The van der Waals surface area contributed by atoms with E-state index in [1.54, 1.807) is 29.8 Å². The van der Waals surface area contributed by atoms with E-state index in [9.17, 15) is 4.79 Å². The van der Waals surface area contributed by atoms with Crippen molar-refractivity contribution in [2.75, 3.05) is 7.11 Å². The third kappa shape index (κ3) is 4.26. The highest BCUT2D eigenvalue weighted by Gasteiger charge is 2.11. The molecule has 0 bridgehead atoms. The number of benzene rings is 1. The summed E-state index contributed by atoms with van der Waals surface area (Å²) < 4.78 is 5.15. The Hall–Kier alpha value is -3.04. The van der Waals surface area contributed by atoms with E-state index >= 15 is 0 Å². The Kier molecular flexibility index (Phi) is 5.45. The molecule has 0 fully saturated rings. The zero-order chi connectivity index (χ0) is 19.3. The summed E-state index contributed by atoms with van der Waals surface area (Å²) in [4.78, 5) is 22.3. The molecule has 1 amide bonds. The molecule has 7 nitrogen and oxygen atoms in total. The maximum Gasteiger partial charge on any atom is 0.226 e. The molecule has 0 saturated carbocycles. The number of ether oxygens (including phenoxy) is 1. The topological polar surface area (TPSA) is 92.8 Å². The Morgan fingerprint density at radius 3 is 2.79 bits per heavy atom. The minimum Gasteiger partial charge on any atom is -0.497 e. The number of thiazole rings is 1. The first-order valence-corrected chi connectivity index (χ1v) is 10.3. The maximum absolute atomic E-state index is 12.2. The lowest BCUT2D eigenvalue weighted by Gasteiger charge is -2.01. The van der Waals surface area contributed by atoms with Crippen molar-refractivity contribution in [2.24, 2.45) is 0 Å². The fourth-order valence-corrected chi connectivity index (χ4v) is 4.19. The summed E-state index contributed by atoms with van der Waals surface area (Å²) in [5.74, 6) is 1.84. The van der Waals surface area contributed by atoms with Gasteiger partial charge in [0.25, 0.3) is 0 Å². The molecule has 2 N–H and O–H groups in total. The number of aromatic amines is 1. The van der Waals surface area contributed by atoms with Gasteiger partial charge in [0.05, 0.1) is 30.6 Å². The normalized spacial score (nSPS) is 10.8. The molecule has 0 spiro atoms. The van der Waals surface area contributed by atoms with Crippen molar-refractivity contribution in [1.82, 2.24) is 25.5 Å². The van der Waals surface area contributed by atoms with Crippen molar-refractivity contribution < 1.29 is 9.53 Å². The number of methoxy groups -OCH3 is 1. The predicted molar refractivity (Wildman–Crippen MR) is 109 cm³/mol. The van der Waals surface area contributed by atoms with Crippen molar-refractivity contribution >= 4 is 28.6 Å². The third-order valence-electron chi connectivity index (χ3n) is 3.96. The van der Waals surface area contributed by atoms with Crippen LogP contribution < -0.4 is 10.1 Å². The van der Waals surface area contributed by atoms with Gasteiger partial charge in [-0.15, -0.1) is 22.7 Å². The van der Waals surface area contributed by atoms with Gasteiger partial charge in [-0.25, -0.2) is 9.97 Å². The number of nitrogens with one attached hydrogen (secondary N) is 2. The molecule has 0 aliphatic rings. The molecule has 0 radical (unpaired) electrons. The van der Waals surface area contributed by atoms with Crippen LogP contribution in [0.2, 0.25) is 0 Å². The van der Waals surface area contributed by atoms with Gasteiger partial charge >= 0.3 is 0 Å². The van der Waals surface area contributed by atoms with Gasteiger partial charge in [-0.1, -0.05) is 6.07 Å². The summed E-state index contributed by atoms with van der Waals surface area (Å²) >= 11 is 3.19. The number of hydrogen-bond acceptors (Lipinski definition) is 7. The molecule has 9 heteroatoms. The molecule has 28 heavy (non-hydrogen) atoms. The van der Waals surface area contributed by atoms with Crippen LogP contribution in [0.3, 0.4) is 0 Å². The van der Waals surface area contributed by atoms with Crippen molar-refractivity contribution in [3.05, 3.63) is 58.7 Å². The molecule has 0 aliphatic heterocycles. The summed E-state index contributed by atoms with van der Waals surface area (Å²) in [6.45, 7) is 0.282. The van der Waals surface area contributed by atoms with Gasteiger partial charge in [0.2, 0.25) is 5.91 Å². The average molecular weight is 412 g/mol. The molecule has 1 aromatic carbocycles. The van der Waals surface area contributed by atoms with Crippen LogP contribution in [0.25, 0.3) is 21.3 Å². The number of nitrogens with zero attached hydrogens (tertiary/aromatic N) is 3. The molecule has 3 heterocycles. The van der Waals surface area contributed by atoms with Crippen LogP contribution in [0.1, 0.15) is 11.5 Å². The van der Waals surface area contributed by atoms with E-state index in [1.807, 2.05) is 47.2 Å². The Morgan fingerprint density at radius 2 is 2.04 bits per heavy atom. The van der Waals surface area contributed by atoms with Crippen LogP contribution in [0.4, 0.5) is 0 Å². The molecule has 0 aliphatic carbocycles. The van der Waals surface area contributed by atoms with Crippen molar-refractivity contribution in [2.45, 2.75) is 13.0 Å². The molecular formula is C19H17N5O2S2. The summed E-state index contributed by atoms with van der Waals surface area (Å²) in [5, 5.41) is 14.8. The summed E-state index contributed by atoms with van der Waals surface area (Å²) in [6, 6.07) is 11.5. The quantitative estimate of drug-likeness (QED) is 0.485. The number of rotatable bonds is 7. The number of thiophene rings is 1. The monoisotopic (exact) mass is 411 g/mol. The summed E-state index contributed by atoms with van der Waals surface area (Å²) in [6.07, 6.45) is 0.237. The number of amides is 1. The second kappa shape index (κ2) is 8.32. The minimum atomic E-state index is -0.106. The Labute approximate surface area is 169 Å². The average Bonchev–Trinajstić information content (AvgIpc) is 3.47. The Morgan fingerprint density at radius 1 is 1.18 bits per heavy atom. The van der Waals surface area contributed by atoms with Gasteiger partial charge in [0, 0.05) is 10.9 Å². The van der Waals surface area contributed by atoms with Crippen LogP contribution >= 0.6 is 22.7 Å². The number of carbonyl (C=O) groups is 1. The Bertz CT molecular complexity index is 1050. The minimum absolute atomic E-state index is 0.106. The highest BCUT2D eigenvalue weighted by Crippen LogP contribution is 2.27. The van der Waals surface area contributed by atoms with Crippen molar-refractivity contribution in [1.29, 1.82) is 0 Å². The first-order valence-electron chi connectivity index (χ1n) is 8.52. The third-order valence-corrected chi connectivity index (χ3v) is 5.89. The highest BCUT2D eigenvalue weighted by molar-refractivity contribution is 7.20. The van der Waals surface area contributed by atoms with Gasteiger partial charge in [0.15, 0.2) is 5.82 Å². The number of H-pyrrole nitrogens is 1. The largest absolute Gasteiger partial charge is 0.497 e. The van der Waals surface area contributed by atoms with Gasteiger partial charge < -0.3 is 10.1 Å². The standard InChI is InChI=1S/C19H17N5O2S2/c1-26-14-6-4-12(5-7-14)18-22-16(23-24-18)10-20-17(25)9-13-11-28-19(21-13)15-3-2-8-27-15/h2-8,11H,9-10H2,1H3,(H,20,25)(H,22,23,24). The molecule has 142 valence electrons. The van der Waals surface area contributed by atoms with Crippen molar-refractivity contribution in [3.63, 3.8) is 0 Å². The number of carbonyl (C=O) groups excluding carboxylic acids is 1. The SMILES string of the molecule is COc1ccc(-c2n[nH]c(CNC(=O)Cc3csc(-c4cccs4)n3)n2)cc1. The second-order valence-corrected chi connectivity index (χ2v) is 7.71. The maximum atomic E-state index is 12.2. The van der Waals surface area contributed by atoms with Gasteiger partial charge in [-0.3, -0.25) is 9.89 Å². The highest BCUT2D eigenvalue weighted by atomic mass is 32.1. The van der Waals surface area contributed by atoms with Crippen molar-refractivity contribution in [3.8, 4) is 27.0 Å². The Balaban J connectivity index is 1.32. The van der Waals surface area contributed by atoms with Gasteiger partial charge in [-0.05, 0) is 35.7 Å². The fraction of sp³-hybridized carbons (Fsp3) is 0.158. The van der Waals surface area contributed by atoms with Crippen LogP contribution in [0.15, 0.2) is 47.2 Å². The lowest BCUT2D eigenvalue weighted by molar-refractivity contribution is -0.120. The lowest BCUT2D eigenvalue weighted by atomic mass is 10.2. The molecule has 4 rings (SSSR count). The van der Waals surface area contributed by atoms with Crippen LogP contribution in [0.5, 0.6) is 5.75 Å². The molecular weight excluding hydrogens is 394 g/mol. The first kappa shape index (κ1) is 18.3. The van der Waals surface area contributed by atoms with E-state index in [1.165, 1.54) is 0 Å². The van der Waals surface area contributed by atoms with E-state index in [0.29, 0.717) is 11.6 Å².